The van der Waals surface area contributed by atoms with Gasteiger partial charge in [0.15, 0.2) is 0 Å². The van der Waals surface area contributed by atoms with E-state index in [1.165, 1.54) is 0 Å². The molecular weight excluding hydrogens is 278 g/mol. The van der Waals surface area contributed by atoms with Crippen LogP contribution in [0.3, 0.4) is 0 Å². The number of nitrogens with one attached hydrogen (secondary N) is 1. The zero-order valence-corrected chi connectivity index (χ0v) is 11.7. The highest BCUT2D eigenvalue weighted by atomic mass is 35.5. The minimum atomic E-state index is -0.727. The minimum Gasteiger partial charge on any atom is -0.388 e. The number of nitrogens with zero attached hydrogens (tertiary/aromatic N) is 2. The average molecular weight is 294 g/mol. The maximum absolute atomic E-state index is 10.4. The summed E-state index contributed by atoms with van der Waals surface area (Å²) in [5, 5.41) is 14.2. The SMILES string of the molecule is OC1(CNc2cnc3cc(Cl)ccc3n2)CCOCC1. The van der Waals surface area contributed by atoms with E-state index in [-0.39, 0.29) is 0 Å². The van der Waals surface area contributed by atoms with Crippen LogP contribution in [0.5, 0.6) is 0 Å². The fraction of sp³-hybridized carbons (Fsp3) is 0.429. The molecule has 0 saturated carbocycles. The summed E-state index contributed by atoms with van der Waals surface area (Å²) < 4.78 is 5.26. The van der Waals surface area contributed by atoms with Crippen molar-refractivity contribution in [1.29, 1.82) is 0 Å². The van der Waals surface area contributed by atoms with Crippen LogP contribution in [0.2, 0.25) is 5.02 Å². The Morgan fingerprint density at radius 1 is 1.30 bits per heavy atom. The number of halogens is 1. The lowest BCUT2D eigenvalue weighted by atomic mass is 9.94. The van der Waals surface area contributed by atoms with Gasteiger partial charge in [-0.05, 0) is 18.2 Å². The van der Waals surface area contributed by atoms with E-state index >= 15 is 0 Å². The third-order valence-electron chi connectivity index (χ3n) is 3.53. The molecule has 6 heteroatoms. The maximum atomic E-state index is 10.4. The zero-order chi connectivity index (χ0) is 14.0. The van der Waals surface area contributed by atoms with Crippen molar-refractivity contribution in [3.05, 3.63) is 29.4 Å². The van der Waals surface area contributed by atoms with Gasteiger partial charge in [0.05, 0.1) is 22.8 Å². The van der Waals surface area contributed by atoms with Gasteiger partial charge >= 0.3 is 0 Å². The first-order valence-electron chi connectivity index (χ1n) is 6.61. The smallest absolute Gasteiger partial charge is 0.145 e. The van der Waals surface area contributed by atoms with Crippen molar-refractivity contribution in [3.63, 3.8) is 0 Å². The third-order valence-corrected chi connectivity index (χ3v) is 3.76. The van der Waals surface area contributed by atoms with Gasteiger partial charge in [0.25, 0.3) is 0 Å². The van der Waals surface area contributed by atoms with E-state index in [4.69, 9.17) is 16.3 Å². The van der Waals surface area contributed by atoms with Crippen LogP contribution in [0, 0.1) is 0 Å². The van der Waals surface area contributed by atoms with Gasteiger partial charge in [-0.15, -0.1) is 0 Å². The molecule has 0 amide bonds. The molecule has 1 saturated heterocycles. The molecule has 1 aliphatic rings. The summed E-state index contributed by atoms with van der Waals surface area (Å²) in [5.41, 5.74) is 0.806. The van der Waals surface area contributed by atoms with Crippen LogP contribution in [0.4, 0.5) is 5.82 Å². The molecule has 2 heterocycles. The van der Waals surface area contributed by atoms with E-state index in [2.05, 4.69) is 15.3 Å². The fourth-order valence-electron chi connectivity index (χ4n) is 2.25. The minimum absolute atomic E-state index is 0.449. The Morgan fingerprint density at radius 2 is 2.10 bits per heavy atom. The van der Waals surface area contributed by atoms with Gasteiger partial charge in [0, 0.05) is 37.6 Å². The molecule has 3 rings (SSSR count). The highest BCUT2D eigenvalue weighted by Gasteiger charge is 2.29. The summed E-state index contributed by atoms with van der Waals surface area (Å²) in [4.78, 5) is 8.77. The number of benzene rings is 1. The molecule has 1 aliphatic heterocycles. The summed E-state index contributed by atoms with van der Waals surface area (Å²) in [6, 6.07) is 5.40. The second kappa shape index (κ2) is 5.52. The summed E-state index contributed by atoms with van der Waals surface area (Å²) >= 11 is 5.91. The van der Waals surface area contributed by atoms with Gasteiger partial charge in [0.1, 0.15) is 5.82 Å². The van der Waals surface area contributed by atoms with Gasteiger partial charge in [-0.3, -0.25) is 4.98 Å². The number of hydrogen-bond donors (Lipinski definition) is 2. The first-order chi connectivity index (χ1) is 9.65. The van der Waals surface area contributed by atoms with Gasteiger partial charge in [-0.1, -0.05) is 11.6 Å². The van der Waals surface area contributed by atoms with Crippen molar-refractivity contribution in [2.45, 2.75) is 18.4 Å². The molecule has 1 aromatic heterocycles. The summed E-state index contributed by atoms with van der Waals surface area (Å²) in [6.07, 6.45) is 2.93. The number of anilines is 1. The Bertz CT molecular complexity index is 614. The molecule has 2 aromatic rings. The topological polar surface area (TPSA) is 67.3 Å². The number of aromatic nitrogens is 2. The van der Waals surface area contributed by atoms with Crippen LogP contribution < -0.4 is 5.32 Å². The zero-order valence-electron chi connectivity index (χ0n) is 11.0. The Kier molecular flexibility index (Phi) is 3.74. The standard InChI is InChI=1S/C14H16ClN3O2/c15-10-1-2-11-12(7-10)16-8-13(18-11)17-9-14(19)3-5-20-6-4-14/h1-2,7-8,19H,3-6,9H2,(H,17,18). The number of rotatable bonds is 3. The van der Waals surface area contributed by atoms with Crippen molar-refractivity contribution in [2.75, 3.05) is 25.1 Å². The van der Waals surface area contributed by atoms with Crippen LogP contribution in [0.25, 0.3) is 11.0 Å². The third kappa shape index (κ3) is 3.00. The first kappa shape index (κ1) is 13.5. The Balaban J connectivity index is 1.72. The summed E-state index contributed by atoms with van der Waals surface area (Å²) in [5.74, 6) is 0.653. The second-order valence-electron chi connectivity index (χ2n) is 5.08. The quantitative estimate of drug-likeness (QED) is 0.908. The van der Waals surface area contributed by atoms with Crippen molar-refractivity contribution in [1.82, 2.24) is 9.97 Å². The molecular formula is C14H16ClN3O2. The van der Waals surface area contributed by atoms with Crippen molar-refractivity contribution in [3.8, 4) is 0 Å². The van der Waals surface area contributed by atoms with Gasteiger partial charge < -0.3 is 15.2 Å². The average Bonchev–Trinajstić information content (AvgIpc) is 2.46. The number of hydrogen-bond acceptors (Lipinski definition) is 5. The first-order valence-corrected chi connectivity index (χ1v) is 6.99. The van der Waals surface area contributed by atoms with Crippen LogP contribution in [-0.4, -0.2) is 40.4 Å². The maximum Gasteiger partial charge on any atom is 0.145 e. The predicted octanol–water partition coefficient (Wildman–Crippen LogP) is 2.24. The van der Waals surface area contributed by atoms with Crippen LogP contribution in [0.1, 0.15) is 12.8 Å². The number of ether oxygens (including phenoxy) is 1. The molecule has 0 aliphatic carbocycles. The lowest BCUT2D eigenvalue weighted by Crippen LogP contribution is -2.42. The Morgan fingerprint density at radius 3 is 2.90 bits per heavy atom. The monoisotopic (exact) mass is 293 g/mol. The van der Waals surface area contributed by atoms with Gasteiger partial charge in [-0.25, -0.2) is 4.98 Å². The Labute approximate surface area is 121 Å². The van der Waals surface area contributed by atoms with Crippen molar-refractivity contribution < 1.29 is 9.84 Å². The van der Waals surface area contributed by atoms with Gasteiger partial charge in [-0.2, -0.15) is 0 Å². The summed E-state index contributed by atoms with van der Waals surface area (Å²) in [7, 11) is 0. The molecule has 0 atom stereocenters. The highest BCUT2D eigenvalue weighted by molar-refractivity contribution is 6.31. The molecule has 2 N–H and O–H groups in total. The van der Waals surface area contributed by atoms with Crippen molar-refractivity contribution in [2.24, 2.45) is 0 Å². The van der Waals surface area contributed by atoms with Crippen LogP contribution in [-0.2, 0) is 4.74 Å². The lowest BCUT2D eigenvalue weighted by molar-refractivity contribution is -0.0543. The summed E-state index contributed by atoms with van der Waals surface area (Å²) in [6.45, 7) is 1.64. The number of aliphatic hydroxyl groups is 1. The lowest BCUT2D eigenvalue weighted by Gasteiger charge is -2.32. The van der Waals surface area contributed by atoms with E-state index in [0.717, 1.165) is 11.0 Å². The van der Waals surface area contributed by atoms with E-state index in [9.17, 15) is 5.11 Å². The molecule has 20 heavy (non-hydrogen) atoms. The van der Waals surface area contributed by atoms with Crippen molar-refractivity contribution >= 4 is 28.5 Å². The molecule has 0 radical (unpaired) electrons. The van der Waals surface area contributed by atoms with Gasteiger partial charge in [0.2, 0.25) is 0 Å². The van der Waals surface area contributed by atoms with E-state index in [1.807, 2.05) is 6.07 Å². The number of fused-ring (bicyclic) bond motifs is 1. The molecule has 0 bridgehead atoms. The fourth-order valence-corrected chi connectivity index (χ4v) is 2.42. The molecule has 0 unspecified atom stereocenters. The molecule has 1 fully saturated rings. The molecule has 106 valence electrons. The molecule has 0 spiro atoms. The molecule has 1 aromatic carbocycles. The Hall–Kier alpha value is -1.43. The normalized spacial score (nSPS) is 18.1. The largest absolute Gasteiger partial charge is 0.388 e. The van der Waals surface area contributed by atoms with Crippen LogP contribution >= 0.6 is 11.6 Å². The second-order valence-corrected chi connectivity index (χ2v) is 5.51. The predicted molar refractivity (Wildman–Crippen MR) is 78.0 cm³/mol. The van der Waals surface area contributed by atoms with E-state index in [1.54, 1.807) is 18.3 Å². The van der Waals surface area contributed by atoms with E-state index < -0.39 is 5.60 Å². The highest BCUT2D eigenvalue weighted by Crippen LogP contribution is 2.22. The van der Waals surface area contributed by atoms with E-state index in [0.29, 0.717) is 43.4 Å². The molecule has 5 nitrogen and oxygen atoms in total. The van der Waals surface area contributed by atoms with Crippen LogP contribution in [0.15, 0.2) is 24.4 Å².